The number of para-hydroxylation sites is 1. The molecule has 0 aliphatic rings. The Labute approximate surface area is 165 Å². The molecule has 3 rings (SSSR count). The number of carbonyl (C=O) groups is 2. The number of rotatable bonds is 7. The van der Waals surface area contributed by atoms with Gasteiger partial charge in [0.15, 0.2) is 12.7 Å². The minimum Gasteiger partial charge on any atom is -0.479 e. The van der Waals surface area contributed by atoms with Gasteiger partial charge in [-0.1, -0.05) is 12.1 Å². The molecule has 8 heteroatoms. The van der Waals surface area contributed by atoms with Crippen molar-refractivity contribution in [2.24, 2.45) is 0 Å². The predicted octanol–water partition coefficient (Wildman–Crippen LogP) is 3.40. The van der Waals surface area contributed by atoms with Crippen LogP contribution in [-0.2, 0) is 20.9 Å². The Morgan fingerprint density at radius 3 is 2.61 bits per heavy atom. The maximum Gasteiger partial charge on any atom is 0.347 e. The van der Waals surface area contributed by atoms with Crippen molar-refractivity contribution >= 4 is 33.4 Å². The van der Waals surface area contributed by atoms with Crippen LogP contribution in [0.3, 0.4) is 0 Å². The number of thiazole rings is 1. The summed E-state index contributed by atoms with van der Waals surface area (Å²) in [7, 11) is 1.63. The van der Waals surface area contributed by atoms with Crippen LogP contribution in [0.1, 0.15) is 11.9 Å². The molecule has 0 N–H and O–H groups in total. The minimum atomic E-state index is -0.923. The summed E-state index contributed by atoms with van der Waals surface area (Å²) in [4.78, 5) is 30.2. The number of fused-ring (bicyclic) bond motifs is 1. The van der Waals surface area contributed by atoms with Crippen LogP contribution in [0.4, 0.5) is 4.39 Å². The lowest BCUT2D eigenvalue weighted by atomic mass is 10.3. The number of benzene rings is 2. The number of likely N-dealkylation sites (N-methyl/N-ethyl adjacent to an activating group) is 1. The highest BCUT2D eigenvalue weighted by molar-refractivity contribution is 7.18. The third-order valence-corrected chi connectivity index (χ3v) is 4.95. The topological polar surface area (TPSA) is 68.7 Å². The quantitative estimate of drug-likeness (QED) is 0.567. The standard InChI is InChI=1S/C20H19FN2O4S/c1-13(27-15-9-7-14(21)8-10-15)20(25)26-12-19(24)23(2)11-18-22-16-5-3-4-6-17(16)28-18/h3-10,13H,11-12H2,1-2H3/t13-/m1/s1. The Morgan fingerprint density at radius 1 is 1.18 bits per heavy atom. The number of hydrogen-bond acceptors (Lipinski definition) is 6. The van der Waals surface area contributed by atoms with Crippen LogP contribution >= 0.6 is 11.3 Å². The van der Waals surface area contributed by atoms with Crippen LogP contribution in [0.25, 0.3) is 10.2 Å². The Balaban J connectivity index is 1.48. The molecule has 0 saturated carbocycles. The molecule has 3 aromatic rings. The second kappa shape index (κ2) is 8.79. The molecule has 0 spiro atoms. The Bertz CT molecular complexity index is 941. The number of halogens is 1. The van der Waals surface area contributed by atoms with E-state index in [0.717, 1.165) is 15.2 Å². The molecule has 0 unspecified atom stereocenters. The van der Waals surface area contributed by atoms with Crippen molar-refractivity contribution in [3.63, 3.8) is 0 Å². The van der Waals surface area contributed by atoms with Gasteiger partial charge in [-0.25, -0.2) is 14.2 Å². The van der Waals surface area contributed by atoms with E-state index in [-0.39, 0.29) is 5.91 Å². The smallest absolute Gasteiger partial charge is 0.347 e. The molecule has 146 valence electrons. The zero-order valence-electron chi connectivity index (χ0n) is 15.4. The molecule has 1 atom stereocenters. The fourth-order valence-corrected chi connectivity index (χ4v) is 3.43. The summed E-state index contributed by atoms with van der Waals surface area (Å²) in [6.45, 7) is 1.44. The fraction of sp³-hybridized carbons (Fsp3) is 0.250. The lowest BCUT2D eigenvalue weighted by Gasteiger charge is -2.17. The van der Waals surface area contributed by atoms with Gasteiger partial charge in [-0.2, -0.15) is 0 Å². The maximum atomic E-state index is 12.9. The first-order valence-electron chi connectivity index (χ1n) is 8.59. The molecular formula is C20H19FN2O4S. The van der Waals surface area contributed by atoms with E-state index in [4.69, 9.17) is 9.47 Å². The normalized spacial score (nSPS) is 11.8. The Morgan fingerprint density at radius 2 is 1.89 bits per heavy atom. The Hall–Kier alpha value is -3.00. The van der Waals surface area contributed by atoms with Crippen molar-refractivity contribution in [3.05, 3.63) is 59.4 Å². The van der Waals surface area contributed by atoms with Gasteiger partial charge in [0.1, 0.15) is 16.6 Å². The highest BCUT2D eigenvalue weighted by Gasteiger charge is 2.20. The van der Waals surface area contributed by atoms with Gasteiger partial charge >= 0.3 is 5.97 Å². The molecule has 0 radical (unpaired) electrons. The van der Waals surface area contributed by atoms with Crippen molar-refractivity contribution in [3.8, 4) is 5.75 Å². The largest absolute Gasteiger partial charge is 0.479 e. The van der Waals surface area contributed by atoms with Gasteiger partial charge < -0.3 is 14.4 Å². The molecule has 2 aromatic carbocycles. The van der Waals surface area contributed by atoms with Crippen molar-refractivity contribution in [2.75, 3.05) is 13.7 Å². The van der Waals surface area contributed by atoms with Gasteiger partial charge in [-0.05, 0) is 43.3 Å². The Kier molecular flexibility index (Phi) is 6.20. The van der Waals surface area contributed by atoms with Crippen molar-refractivity contribution in [1.29, 1.82) is 0 Å². The van der Waals surface area contributed by atoms with Crippen LogP contribution < -0.4 is 4.74 Å². The highest BCUT2D eigenvalue weighted by Crippen LogP contribution is 2.22. The zero-order chi connectivity index (χ0) is 20.1. The first kappa shape index (κ1) is 19.8. The van der Waals surface area contributed by atoms with Crippen LogP contribution in [0, 0.1) is 5.82 Å². The fourth-order valence-electron chi connectivity index (χ4n) is 2.40. The second-order valence-electron chi connectivity index (χ2n) is 6.15. The molecular weight excluding hydrogens is 383 g/mol. The highest BCUT2D eigenvalue weighted by atomic mass is 32.1. The third-order valence-electron chi connectivity index (χ3n) is 3.93. The van der Waals surface area contributed by atoms with E-state index in [2.05, 4.69) is 4.98 Å². The van der Waals surface area contributed by atoms with Crippen molar-refractivity contribution in [2.45, 2.75) is 19.6 Å². The summed E-state index contributed by atoms with van der Waals surface area (Å²) >= 11 is 1.52. The molecule has 0 saturated heterocycles. The number of carbonyl (C=O) groups excluding carboxylic acids is 2. The van der Waals surface area contributed by atoms with Gasteiger partial charge in [0.2, 0.25) is 0 Å². The number of hydrogen-bond donors (Lipinski definition) is 0. The van der Waals surface area contributed by atoms with E-state index >= 15 is 0 Å². The predicted molar refractivity (Wildman–Crippen MR) is 104 cm³/mol. The molecule has 0 aliphatic carbocycles. The summed E-state index contributed by atoms with van der Waals surface area (Å²) in [6.07, 6.45) is -0.923. The number of esters is 1. The average molecular weight is 402 g/mol. The number of amides is 1. The lowest BCUT2D eigenvalue weighted by molar-refractivity contribution is -0.157. The van der Waals surface area contributed by atoms with Crippen LogP contribution in [0.5, 0.6) is 5.75 Å². The van der Waals surface area contributed by atoms with E-state index in [0.29, 0.717) is 12.3 Å². The molecule has 1 amide bonds. The van der Waals surface area contributed by atoms with Crippen LogP contribution in [0.2, 0.25) is 0 Å². The van der Waals surface area contributed by atoms with Crippen LogP contribution in [0.15, 0.2) is 48.5 Å². The van der Waals surface area contributed by atoms with Gasteiger partial charge in [0.05, 0.1) is 16.8 Å². The first-order chi connectivity index (χ1) is 13.4. The van der Waals surface area contributed by atoms with Gasteiger partial charge in [-0.15, -0.1) is 11.3 Å². The number of aromatic nitrogens is 1. The maximum absolute atomic E-state index is 12.9. The summed E-state index contributed by atoms with van der Waals surface area (Å²) < 4.78 is 24.4. The second-order valence-corrected chi connectivity index (χ2v) is 7.26. The first-order valence-corrected chi connectivity index (χ1v) is 9.41. The molecule has 1 aromatic heterocycles. The molecule has 6 nitrogen and oxygen atoms in total. The van der Waals surface area contributed by atoms with Gasteiger partial charge in [-0.3, -0.25) is 4.79 Å². The average Bonchev–Trinajstić information content (AvgIpc) is 3.09. The van der Waals surface area contributed by atoms with E-state index < -0.39 is 24.5 Å². The summed E-state index contributed by atoms with van der Waals surface area (Å²) in [6, 6.07) is 13.0. The molecule has 0 bridgehead atoms. The molecule has 1 heterocycles. The minimum absolute atomic E-state index is 0.331. The summed E-state index contributed by atoms with van der Waals surface area (Å²) in [5.74, 6) is -1.08. The molecule has 0 fully saturated rings. The van der Waals surface area contributed by atoms with Crippen molar-refractivity contribution < 1.29 is 23.5 Å². The SMILES string of the molecule is C[C@@H](Oc1ccc(F)cc1)C(=O)OCC(=O)N(C)Cc1nc2ccccc2s1. The molecule has 28 heavy (non-hydrogen) atoms. The summed E-state index contributed by atoms with van der Waals surface area (Å²) in [5.41, 5.74) is 0.890. The van der Waals surface area contributed by atoms with E-state index in [1.54, 1.807) is 7.05 Å². The molecule has 0 aliphatic heterocycles. The summed E-state index contributed by atoms with van der Waals surface area (Å²) in [5, 5.41) is 0.802. The lowest BCUT2D eigenvalue weighted by Crippen LogP contribution is -2.33. The van der Waals surface area contributed by atoms with Gasteiger partial charge in [0, 0.05) is 7.05 Å². The van der Waals surface area contributed by atoms with E-state index in [1.165, 1.54) is 47.4 Å². The monoisotopic (exact) mass is 402 g/mol. The third kappa shape index (κ3) is 5.04. The zero-order valence-corrected chi connectivity index (χ0v) is 16.2. The van der Waals surface area contributed by atoms with Crippen LogP contribution in [-0.4, -0.2) is 41.5 Å². The number of ether oxygens (including phenoxy) is 2. The van der Waals surface area contributed by atoms with E-state index in [9.17, 15) is 14.0 Å². The van der Waals surface area contributed by atoms with Gasteiger partial charge in [0.25, 0.3) is 5.91 Å². The van der Waals surface area contributed by atoms with E-state index in [1.807, 2.05) is 24.3 Å². The number of nitrogens with zero attached hydrogens (tertiary/aromatic N) is 2. The van der Waals surface area contributed by atoms with Crippen molar-refractivity contribution in [1.82, 2.24) is 9.88 Å².